The van der Waals surface area contributed by atoms with Crippen LogP contribution < -0.4 is 0 Å². The molecule has 0 radical (unpaired) electrons. The van der Waals surface area contributed by atoms with Crippen molar-refractivity contribution in [2.24, 2.45) is 0 Å². The van der Waals surface area contributed by atoms with E-state index in [4.69, 9.17) is 0 Å². The van der Waals surface area contributed by atoms with Gasteiger partial charge in [0.05, 0.1) is 0 Å². The number of halogens is 1. The first-order valence-corrected chi connectivity index (χ1v) is 4.18. The highest BCUT2D eigenvalue weighted by atomic mass is 79.9. The number of alkyl halides is 1. The van der Waals surface area contributed by atoms with Crippen molar-refractivity contribution in [3.05, 3.63) is 36.2 Å². The fourth-order valence-corrected chi connectivity index (χ4v) is 0.842. The van der Waals surface area contributed by atoms with Gasteiger partial charge in [0.2, 0.25) is 0 Å². The molecule has 1 nitrogen and oxygen atoms in total. The van der Waals surface area contributed by atoms with E-state index < -0.39 is 0 Å². The molecule has 52 valence electrons. The molecule has 0 unspecified atom stereocenters. The van der Waals surface area contributed by atoms with Gasteiger partial charge in [0, 0.05) is 17.7 Å². The Balaban J connectivity index is 2.67. The lowest BCUT2D eigenvalue weighted by atomic mass is 10.3. The Kier molecular flexibility index (Phi) is 3.16. The highest BCUT2D eigenvalue weighted by Gasteiger charge is 1.80. The van der Waals surface area contributed by atoms with Crippen molar-refractivity contribution in [3.8, 4) is 0 Å². The maximum absolute atomic E-state index is 3.97. The van der Waals surface area contributed by atoms with Crippen LogP contribution in [-0.2, 0) is 0 Å². The van der Waals surface area contributed by atoms with E-state index in [2.05, 4.69) is 20.9 Å². The zero-order chi connectivity index (χ0) is 7.23. The second-order valence-corrected chi connectivity index (χ2v) is 2.49. The second-order valence-electron chi connectivity index (χ2n) is 1.84. The molecular weight excluding hydrogens is 190 g/mol. The van der Waals surface area contributed by atoms with E-state index in [1.54, 1.807) is 6.20 Å². The maximum atomic E-state index is 3.97. The number of hydrogen-bond acceptors (Lipinski definition) is 1. The monoisotopic (exact) mass is 197 g/mol. The Bertz CT molecular complexity index is 206. The van der Waals surface area contributed by atoms with Crippen molar-refractivity contribution < 1.29 is 0 Å². The van der Waals surface area contributed by atoms with Gasteiger partial charge in [-0.05, 0) is 11.6 Å². The molecule has 0 fully saturated rings. The van der Waals surface area contributed by atoms with Crippen LogP contribution in [0.25, 0.3) is 6.08 Å². The molecule has 0 saturated heterocycles. The highest BCUT2D eigenvalue weighted by Crippen LogP contribution is 1.98. The Hall–Kier alpha value is -0.630. The molecule has 0 N–H and O–H groups in total. The lowest BCUT2D eigenvalue weighted by molar-refractivity contribution is 1.32. The molecule has 0 saturated carbocycles. The van der Waals surface area contributed by atoms with Crippen molar-refractivity contribution >= 4 is 22.0 Å². The molecule has 1 aromatic rings. The molecule has 0 aliphatic rings. The number of hydrogen-bond donors (Lipinski definition) is 0. The smallest absolute Gasteiger partial charge is 0.0340 e. The van der Waals surface area contributed by atoms with Crippen LogP contribution in [0.5, 0.6) is 0 Å². The van der Waals surface area contributed by atoms with Crippen LogP contribution in [0.1, 0.15) is 5.56 Å². The van der Waals surface area contributed by atoms with Gasteiger partial charge in [0.25, 0.3) is 0 Å². The van der Waals surface area contributed by atoms with Crippen molar-refractivity contribution in [2.75, 3.05) is 5.33 Å². The summed E-state index contributed by atoms with van der Waals surface area (Å²) >= 11 is 3.30. The van der Waals surface area contributed by atoms with Gasteiger partial charge in [-0.2, -0.15) is 0 Å². The molecule has 0 aromatic carbocycles. The van der Waals surface area contributed by atoms with E-state index in [9.17, 15) is 0 Å². The van der Waals surface area contributed by atoms with Gasteiger partial charge >= 0.3 is 0 Å². The van der Waals surface area contributed by atoms with Crippen molar-refractivity contribution in [3.63, 3.8) is 0 Å². The van der Waals surface area contributed by atoms with Crippen molar-refractivity contribution in [1.29, 1.82) is 0 Å². The van der Waals surface area contributed by atoms with Crippen molar-refractivity contribution in [2.45, 2.75) is 0 Å². The standard InChI is InChI=1S/C8H8BrN/c9-5-1-3-8-4-2-6-10-7-8/h1-4,6-7H,5H2. The quantitative estimate of drug-likeness (QED) is 0.665. The summed E-state index contributed by atoms with van der Waals surface area (Å²) in [5, 5.41) is 0.891. The van der Waals surface area contributed by atoms with Crippen LogP contribution in [0.15, 0.2) is 30.6 Å². The van der Waals surface area contributed by atoms with Gasteiger partial charge in [0.1, 0.15) is 0 Å². The van der Waals surface area contributed by atoms with Gasteiger partial charge in [-0.3, -0.25) is 4.98 Å². The third-order valence-corrected chi connectivity index (χ3v) is 1.46. The summed E-state index contributed by atoms with van der Waals surface area (Å²) in [5.41, 5.74) is 1.14. The molecule has 0 aliphatic carbocycles. The van der Waals surface area contributed by atoms with Gasteiger partial charge < -0.3 is 0 Å². The van der Waals surface area contributed by atoms with Gasteiger partial charge in [-0.15, -0.1) is 0 Å². The minimum atomic E-state index is 0.891. The Labute approximate surface area is 68.9 Å². The number of aromatic nitrogens is 1. The lowest BCUT2D eigenvalue weighted by Crippen LogP contribution is -1.72. The molecule has 1 rings (SSSR count). The molecule has 1 aromatic heterocycles. The molecule has 0 aliphatic heterocycles. The van der Waals surface area contributed by atoms with E-state index in [-0.39, 0.29) is 0 Å². The molecule has 0 atom stereocenters. The number of rotatable bonds is 2. The third kappa shape index (κ3) is 2.31. The summed E-state index contributed by atoms with van der Waals surface area (Å²) in [6, 6.07) is 3.94. The Morgan fingerprint density at radius 3 is 3.10 bits per heavy atom. The van der Waals surface area contributed by atoms with E-state index >= 15 is 0 Å². The van der Waals surface area contributed by atoms with E-state index in [0.29, 0.717) is 0 Å². The molecular formula is C8H8BrN. The minimum Gasteiger partial charge on any atom is -0.264 e. The van der Waals surface area contributed by atoms with Crippen LogP contribution in [0, 0.1) is 0 Å². The maximum Gasteiger partial charge on any atom is 0.0340 e. The first-order valence-electron chi connectivity index (χ1n) is 3.06. The second kappa shape index (κ2) is 4.23. The summed E-state index contributed by atoms with van der Waals surface area (Å²) in [6.45, 7) is 0. The third-order valence-electron chi connectivity index (χ3n) is 1.08. The first kappa shape index (κ1) is 7.48. The number of allylic oxidation sites excluding steroid dienone is 1. The van der Waals surface area contributed by atoms with Crippen LogP contribution in [-0.4, -0.2) is 10.3 Å². The van der Waals surface area contributed by atoms with Crippen LogP contribution >= 0.6 is 15.9 Å². The van der Waals surface area contributed by atoms with Gasteiger partial charge in [-0.1, -0.05) is 34.1 Å². The lowest BCUT2D eigenvalue weighted by Gasteiger charge is -1.87. The number of pyridine rings is 1. The molecule has 1 heterocycles. The van der Waals surface area contributed by atoms with Gasteiger partial charge in [-0.25, -0.2) is 0 Å². The summed E-state index contributed by atoms with van der Waals surface area (Å²) in [7, 11) is 0. The summed E-state index contributed by atoms with van der Waals surface area (Å²) < 4.78 is 0. The predicted octanol–water partition coefficient (Wildman–Crippen LogP) is 2.49. The van der Waals surface area contributed by atoms with E-state index in [1.165, 1.54) is 0 Å². The summed E-state index contributed by atoms with van der Waals surface area (Å²) in [5.74, 6) is 0. The van der Waals surface area contributed by atoms with Crippen molar-refractivity contribution in [1.82, 2.24) is 4.98 Å². The normalized spacial score (nSPS) is 10.5. The molecule has 0 amide bonds. The van der Waals surface area contributed by atoms with E-state index in [1.807, 2.05) is 30.5 Å². The molecule has 10 heavy (non-hydrogen) atoms. The predicted molar refractivity (Wildman–Crippen MR) is 47.1 cm³/mol. The SMILES string of the molecule is BrCC=Cc1cccnc1. The van der Waals surface area contributed by atoms with Crippen LogP contribution in [0.4, 0.5) is 0 Å². The Morgan fingerprint density at radius 1 is 1.60 bits per heavy atom. The largest absolute Gasteiger partial charge is 0.264 e. The first-order chi connectivity index (χ1) is 4.93. The fraction of sp³-hybridized carbons (Fsp3) is 0.125. The molecule has 0 spiro atoms. The van der Waals surface area contributed by atoms with Crippen LogP contribution in [0.3, 0.4) is 0 Å². The molecule has 0 bridgehead atoms. The zero-order valence-electron chi connectivity index (χ0n) is 5.50. The highest BCUT2D eigenvalue weighted by molar-refractivity contribution is 9.09. The number of nitrogens with zero attached hydrogens (tertiary/aromatic N) is 1. The average molecular weight is 198 g/mol. The summed E-state index contributed by atoms with van der Waals surface area (Å²) in [4.78, 5) is 3.97. The topological polar surface area (TPSA) is 12.9 Å². The summed E-state index contributed by atoms with van der Waals surface area (Å²) in [6.07, 6.45) is 7.67. The van der Waals surface area contributed by atoms with Crippen LogP contribution in [0.2, 0.25) is 0 Å². The van der Waals surface area contributed by atoms with E-state index in [0.717, 1.165) is 10.9 Å². The Morgan fingerprint density at radius 2 is 2.50 bits per heavy atom. The zero-order valence-corrected chi connectivity index (χ0v) is 7.08. The average Bonchev–Trinajstić information content (AvgIpc) is 2.03. The van der Waals surface area contributed by atoms with Gasteiger partial charge in [0.15, 0.2) is 0 Å². The minimum absolute atomic E-state index is 0.891. The fourth-order valence-electron chi connectivity index (χ4n) is 0.655. The molecule has 2 heteroatoms.